The summed E-state index contributed by atoms with van der Waals surface area (Å²) in [4.78, 5) is 45.5. The van der Waals surface area contributed by atoms with E-state index in [9.17, 15) is 32.9 Å². The normalized spacial score (nSPS) is 10.7. The van der Waals surface area contributed by atoms with Crippen molar-refractivity contribution in [2.24, 2.45) is 0 Å². The highest BCUT2D eigenvalue weighted by atomic mass is 32.2. The first kappa shape index (κ1) is 28.6. The maximum Gasteiger partial charge on any atom is 0.344 e. The Kier molecular flexibility index (Phi) is 9.17. The Morgan fingerprint density at radius 1 is 0.923 bits per heavy atom. The van der Waals surface area contributed by atoms with Gasteiger partial charge in [-0.3, -0.25) is 24.0 Å². The minimum Gasteiger partial charge on any atom is -0.482 e. The molecule has 39 heavy (non-hydrogen) atoms. The van der Waals surface area contributed by atoms with Crippen LogP contribution in [0, 0.1) is 10.1 Å². The number of carbonyl (C=O) groups is 3. The molecular formula is C25H24N4O9S. The number of anilines is 3. The smallest absolute Gasteiger partial charge is 0.344 e. The van der Waals surface area contributed by atoms with Crippen molar-refractivity contribution in [3.8, 4) is 5.75 Å². The zero-order valence-electron chi connectivity index (χ0n) is 20.8. The fraction of sp³-hybridized carbons (Fsp3) is 0.160. The molecule has 0 aliphatic carbocycles. The lowest BCUT2D eigenvalue weighted by Gasteiger charge is -2.20. The molecule has 0 atom stereocenters. The summed E-state index contributed by atoms with van der Waals surface area (Å²) in [6.07, 6.45) is 0. The minimum atomic E-state index is -3.89. The van der Waals surface area contributed by atoms with Crippen LogP contribution in [0.25, 0.3) is 0 Å². The van der Waals surface area contributed by atoms with Gasteiger partial charge in [0.1, 0.15) is 11.4 Å². The molecule has 0 aliphatic heterocycles. The zero-order chi connectivity index (χ0) is 28.6. The summed E-state index contributed by atoms with van der Waals surface area (Å²) < 4.78 is 37.1. The highest BCUT2D eigenvalue weighted by Gasteiger charge is 2.21. The van der Waals surface area contributed by atoms with Crippen molar-refractivity contribution in [3.05, 3.63) is 82.9 Å². The van der Waals surface area contributed by atoms with E-state index >= 15 is 0 Å². The van der Waals surface area contributed by atoms with Crippen LogP contribution < -0.4 is 19.7 Å². The number of ether oxygens (including phenoxy) is 2. The van der Waals surface area contributed by atoms with E-state index < -0.39 is 40.0 Å². The van der Waals surface area contributed by atoms with Crippen LogP contribution in [0.3, 0.4) is 0 Å². The molecule has 14 heteroatoms. The summed E-state index contributed by atoms with van der Waals surface area (Å²) in [6, 6.07) is 17.1. The van der Waals surface area contributed by atoms with Crippen LogP contribution in [0.2, 0.25) is 0 Å². The molecule has 0 radical (unpaired) electrons. The van der Waals surface area contributed by atoms with Crippen molar-refractivity contribution < 1.29 is 37.2 Å². The number of rotatable bonds is 11. The van der Waals surface area contributed by atoms with Crippen LogP contribution >= 0.6 is 0 Å². The number of hydrogen-bond acceptors (Lipinski definition) is 9. The predicted octanol–water partition coefficient (Wildman–Crippen LogP) is 2.94. The van der Waals surface area contributed by atoms with Gasteiger partial charge in [0.05, 0.1) is 15.5 Å². The highest BCUT2D eigenvalue weighted by Crippen LogP contribution is 2.25. The fourth-order valence-corrected chi connectivity index (χ4v) is 4.41. The lowest BCUT2D eigenvalue weighted by molar-refractivity contribution is -0.383. The highest BCUT2D eigenvalue weighted by molar-refractivity contribution is 7.92. The molecule has 0 aromatic heterocycles. The van der Waals surface area contributed by atoms with Crippen LogP contribution in [0.4, 0.5) is 22.7 Å². The average molecular weight is 557 g/mol. The molecule has 0 heterocycles. The number of nitrogens with zero attached hydrogens (tertiary/aromatic N) is 2. The summed E-state index contributed by atoms with van der Waals surface area (Å²) in [5, 5.41) is 15.9. The average Bonchev–Trinajstić information content (AvgIpc) is 2.90. The minimum absolute atomic E-state index is 0.0214. The molecule has 0 unspecified atom stereocenters. The number of sulfonamides is 1. The van der Waals surface area contributed by atoms with Crippen molar-refractivity contribution in [2.45, 2.75) is 11.8 Å². The Labute approximate surface area is 223 Å². The quantitative estimate of drug-likeness (QED) is 0.204. The van der Waals surface area contributed by atoms with Gasteiger partial charge in [0.15, 0.2) is 13.2 Å². The molecule has 3 aromatic rings. The third-order valence-electron chi connectivity index (χ3n) is 5.13. The summed E-state index contributed by atoms with van der Waals surface area (Å²) in [5.41, 5.74) is 0.448. The molecule has 2 N–H and O–H groups in total. The summed E-state index contributed by atoms with van der Waals surface area (Å²) in [7, 11) is -2.52. The van der Waals surface area contributed by atoms with E-state index in [0.717, 1.165) is 4.31 Å². The first-order valence-corrected chi connectivity index (χ1v) is 12.7. The van der Waals surface area contributed by atoms with Gasteiger partial charge in [-0.25, -0.2) is 13.2 Å². The lowest BCUT2D eigenvalue weighted by atomic mass is 10.2. The van der Waals surface area contributed by atoms with Crippen LogP contribution in [0.15, 0.2) is 77.7 Å². The molecule has 204 valence electrons. The van der Waals surface area contributed by atoms with Crippen molar-refractivity contribution >= 4 is 50.6 Å². The largest absolute Gasteiger partial charge is 0.482 e. The first-order chi connectivity index (χ1) is 18.5. The summed E-state index contributed by atoms with van der Waals surface area (Å²) in [6.45, 7) is 0.131. The number of para-hydroxylation sites is 2. The molecular weight excluding hydrogens is 532 g/mol. The molecule has 3 aromatic carbocycles. The Morgan fingerprint density at radius 3 is 2.18 bits per heavy atom. The number of amides is 2. The standard InChI is InChI=1S/C25H24N4O9S/c1-17(30)26-18-7-13-21(14-8-18)39(35,36)28(2)19-9-11-20(12-10-19)37-16-25(32)38-15-24(31)27-22-5-3-4-6-23(22)29(33)34/h3-14H,15-16H2,1-2H3,(H,26,30)(H,27,31). The summed E-state index contributed by atoms with van der Waals surface area (Å²) >= 11 is 0. The van der Waals surface area contributed by atoms with E-state index in [1.807, 2.05) is 0 Å². The number of hydrogen-bond donors (Lipinski definition) is 2. The van der Waals surface area contributed by atoms with E-state index in [2.05, 4.69) is 10.6 Å². The Morgan fingerprint density at radius 2 is 1.56 bits per heavy atom. The van der Waals surface area contributed by atoms with E-state index in [1.165, 1.54) is 86.8 Å². The van der Waals surface area contributed by atoms with Crippen molar-refractivity contribution in [1.82, 2.24) is 0 Å². The monoisotopic (exact) mass is 556 g/mol. The van der Waals surface area contributed by atoms with Crippen molar-refractivity contribution in [3.63, 3.8) is 0 Å². The van der Waals surface area contributed by atoms with Gasteiger partial charge in [0, 0.05) is 25.7 Å². The molecule has 0 spiro atoms. The van der Waals surface area contributed by atoms with E-state index in [0.29, 0.717) is 11.4 Å². The van der Waals surface area contributed by atoms with Gasteiger partial charge in [0.25, 0.3) is 21.6 Å². The summed E-state index contributed by atoms with van der Waals surface area (Å²) in [5.74, 6) is -1.67. The van der Waals surface area contributed by atoms with E-state index in [-0.39, 0.29) is 27.9 Å². The maximum absolute atomic E-state index is 12.9. The predicted molar refractivity (Wildman–Crippen MR) is 141 cm³/mol. The second-order valence-corrected chi connectivity index (χ2v) is 9.91. The van der Waals surface area contributed by atoms with Crippen LogP contribution in [0.1, 0.15) is 6.92 Å². The Balaban J connectivity index is 1.51. The number of nitro benzene ring substituents is 1. The molecule has 13 nitrogen and oxygen atoms in total. The maximum atomic E-state index is 12.9. The molecule has 0 fully saturated rings. The molecule has 0 bridgehead atoms. The Hall–Kier alpha value is -4.98. The van der Waals surface area contributed by atoms with Gasteiger partial charge >= 0.3 is 5.97 Å². The number of esters is 1. The molecule has 0 saturated heterocycles. The van der Waals surface area contributed by atoms with Crippen LogP contribution in [-0.2, 0) is 29.1 Å². The number of carbonyl (C=O) groups excluding carboxylic acids is 3. The Bertz CT molecular complexity index is 1470. The fourth-order valence-electron chi connectivity index (χ4n) is 3.22. The second-order valence-electron chi connectivity index (χ2n) is 7.94. The van der Waals surface area contributed by atoms with Gasteiger partial charge in [0.2, 0.25) is 5.91 Å². The number of nitro groups is 1. The second kappa shape index (κ2) is 12.5. The molecule has 2 amide bonds. The van der Waals surface area contributed by atoms with Gasteiger partial charge in [-0.05, 0) is 54.6 Å². The third kappa shape index (κ3) is 7.75. The number of benzene rings is 3. The first-order valence-electron chi connectivity index (χ1n) is 11.3. The van der Waals surface area contributed by atoms with Gasteiger partial charge in [-0.2, -0.15) is 0 Å². The zero-order valence-corrected chi connectivity index (χ0v) is 21.6. The topological polar surface area (TPSA) is 174 Å². The van der Waals surface area contributed by atoms with Gasteiger partial charge in [-0.1, -0.05) is 12.1 Å². The van der Waals surface area contributed by atoms with Gasteiger partial charge in [-0.15, -0.1) is 0 Å². The lowest BCUT2D eigenvalue weighted by Crippen LogP contribution is -2.26. The van der Waals surface area contributed by atoms with E-state index in [1.54, 1.807) is 0 Å². The SMILES string of the molecule is CC(=O)Nc1ccc(S(=O)(=O)N(C)c2ccc(OCC(=O)OCC(=O)Nc3ccccc3[N+](=O)[O-])cc2)cc1. The molecule has 0 saturated carbocycles. The van der Waals surface area contributed by atoms with Gasteiger partial charge < -0.3 is 20.1 Å². The molecule has 0 aliphatic rings. The molecule has 3 rings (SSSR count). The van der Waals surface area contributed by atoms with Crippen molar-refractivity contribution in [2.75, 3.05) is 35.2 Å². The number of nitrogens with one attached hydrogen (secondary N) is 2. The van der Waals surface area contributed by atoms with Crippen LogP contribution in [0.5, 0.6) is 5.75 Å². The van der Waals surface area contributed by atoms with E-state index in [4.69, 9.17) is 9.47 Å². The third-order valence-corrected chi connectivity index (χ3v) is 6.93. The van der Waals surface area contributed by atoms with Crippen LogP contribution in [-0.4, -0.2) is 51.4 Å². The van der Waals surface area contributed by atoms with Crippen molar-refractivity contribution in [1.29, 1.82) is 0 Å².